The maximum Gasteiger partial charge on any atom is 0.123 e. The van der Waals surface area contributed by atoms with Crippen LogP contribution in [0.25, 0.3) is 0 Å². The molecule has 1 aromatic heterocycles. The van der Waals surface area contributed by atoms with Gasteiger partial charge in [0.05, 0.1) is 0 Å². The molecule has 1 aliphatic heterocycles. The van der Waals surface area contributed by atoms with Crippen LogP contribution in [0.5, 0.6) is 0 Å². The van der Waals surface area contributed by atoms with Crippen molar-refractivity contribution in [3.8, 4) is 0 Å². The number of hydrogen-bond acceptors (Lipinski definition) is 2. The quantitative estimate of drug-likeness (QED) is 0.678. The second kappa shape index (κ2) is 3.23. The van der Waals surface area contributed by atoms with Gasteiger partial charge in [-0.3, -0.25) is 0 Å². The highest BCUT2D eigenvalue weighted by molar-refractivity contribution is 7.10. The first-order valence-electron chi connectivity index (χ1n) is 4.69. The largest absolute Gasteiger partial charge is 0.359 e. The fraction of sp³-hybridized carbons (Fsp3) is 0.167. The fourth-order valence-corrected chi connectivity index (χ4v) is 2.46. The van der Waals surface area contributed by atoms with E-state index in [0.717, 1.165) is 0 Å². The van der Waals surface area contributed by atoms with Gasteiger partial charge in [-0.2, -0.15) is 0 Å². The van der Waals surface area contributed by atoms with Crippen molar-refractivity contribution in [3.05, 3.63) is 58.3 Å². The van der Waals surface area contributed by atoms with Crippen LogP contribution in [-0.2, 0) is 4.74 Å². The van der Waals surface area contributed by atoms with E-state index in [2.05, 4.69) is 41.8 Å². The Hall–Kier alpha value is -1.12. The van der Waals surface area contributed by atoms with Crippen LogP contribution >= 0.6 is 11.3 Å². The minimum Gasteiger partial charge on any atom is -0.359 e. The van der Waals surface area contributed by atoms with Crippen LogP contribution in [0.4, 0.5) is 0 Å². The highest BCUT2D eigenvalue weighted by Crippen LogP contribution is 2.51. The average Bonchev–Trinajstić information content (AvgIpc) is 2.87. The van der Waals surface area contributed by atoms with E-state index >= 15 is 0 Å². The van der Waals surface area contributed by atoms with E-state index in [4.69, 9.17) is 4.74 Å². The Bertz CT molecular complexity index is 407. The van der Waals surface area contributed by atoms with Gasteiger partial charge in [0, 0.05) is 4.88 Å². The first kappa shape index (κ1) is 8.21. The first-order chi connectivity index (χ1) is 6.95. The van der Waals surface area contributed by atoms with Crippen LogP contribution in [-0.4, -0.2) is 0 Å². The van der Waals surface area contributed by atoms with E-state index in [1.54, 1.807) is 11.3 Å². The Morgan fingerprint density at radius 2 is 1.79 bits per heavy atom. The number of thiophene rings is 1. The minimum absolute atomic E-state index is 0.287. The van der Waals surface area contributed by atoms with Gasteiger partial charge in [0.1, 0.15) is 12.2 Å². The maximum atomic E-state index is 5.66. The molecule has 1 saturated heterocycles. The van der Waals surface area contributed by atoms with Crippen LogP contribution in [0.3, 0.4) is 0 Å². The highest BCUT2D eigenvalue weighted by atomic mass is 32.1. The zero-order valence-electron chi connectivity index (χ0n) is 7.59. The van der Waals surface area contributed by atoms with Crippen molar-refractivity contribution in [3.63, 3.8) is 0 Å². The smallest absolute Gasteiger partial charge is 0.123 e. The summed E-state index contributed by atoms with van der Waals surface area (Å²) in [6.07, 6.45) is 0.590. The molecule has 3 rings (SSSR count). The van der Waals surface area contributed by atoms with E-state index < -0.39 is 0 Å². The van der Waals surface area contributed by atoms with Crippen molar-refractivity contribution in [2.45, 2.75) is 12.2 Å². The first-order valence-corrected chi connectivity index (χ1v) is 5.57. The predicted molar refractivity (Wildman–Crippen MR) is 57.3 cm³/mol. The Kier molecular flexibility index (Phi) is 1.89. The molecule has 0 amide bonds. The molecule has 2 unspecified atom stereocenters. The Morgan fingerprint density at radius 1 is 0.929 bits per heavy atom. The average molecular weight is 202 g/mol. The summed E-state index contributed by atoms with van der Waals surface area (Å²) in [5, 5.41) is 2.10. The van der Waals surface area contributed by atoms with Gasteiger partial charge in [-0.15, -0.1) is 11.3 Å². The van der Waals surface area contributed by atoms with Gasteiger partial charge in [0.25, 0.3) is 0 Å². The van der Waals surface area contributed by atoms with Crippen molar-refractivity contribution in [2.75, 3.05) is 0 Å². The van der Waals surface area contributed by atoms with Crippen molar-refractivity contribution >= 4 is 11.3 Å². The van der Waals surface area contributed by atoms with Crippen molar-refractivity contribution in [2.24, 2.45) is 0 Å². The summed E-state index contributed by atoms with van der Waals surface area (Å²) in [7, 11) is 0. The third-order valence-corrected chi connectivity index (χ3v) is 3.38. The molecule has 1 aliphatic rings. The van der Waals surface area contributed by atoms with Gasteiger partial charge < -0.3 is 4.74 Å². The molecule has 70 valence electrons. The normalized spacial score (nSPS) is 24.9. The number of rotatable bonds is 2. The van der Waals surface area contributed by atoms with Gasteiger partial charge in [-0.25, -0.2) is 0 Å². The second-order valence-corrected chi connectivity index (χ2v) is 4.38. The molecule has 0 bridgehead atoms. The summed E-state index contributed by atoms with van der Waals surface area (Å²) in [4.78, 5) is 1.33. The molecular formula is C12H10OS. The predicted octanol–water partition coefficient (Wildman–Crippen LogP) is 3.56. The van der Waals surface area contributed by atoms with Crippen LogP contribution in [0, 0.1) is 0 Å². The van der Waals surface area contributed by atoms with Crippen LogP contribution in [0.15, 0.2) is 47.8 Å². The van der Waals surface area contributed by atoms with Gasteiger partial charge in [-0.05, 0) is 17.0 Å². The third-order valence-electron chi connectivity index (χ3n) is 2.44. The van der Waals surface area contributed by atoms with Crippen LogP contribution in [0.2, 0.25) is 0 Å². The SMILES string of the molecule is c1ccc(C2OC2c2cccs2)cc1. The molecule has 1 fully saturated rings. The van der Waals surface area contributed by atoms with Gasteiger partial charge in [0.15, 0.2) is 0 Å². The van der Waals surface area contributed by atoms with E-state index in [0.29, 0.717) is 6.10 Å². The fourth-order valence-electron chi connectivity index (χ4n) is 1.68. The molecule has 2 heterocycles. The molecular weight excluding hydrogens is 192 g/mol. The maximum absolute atomic E-state index is 5.66. The Morgan fingerprint density at radius 3 is 2.50 bits per heavy atom. The third kappa shape index (κ3) is 1.37. The van der Waals surface area contributed by atoms with Crippen LogP contribution < -0.4 is 0 Å². The van der Waals surface area contributed by atoms with E-state index in [9.17, 15) is 0 Å². The summed E-state index contributed by atoms with van der Waals surface area (Å²) in [6, 6.07) is 14.6. The molecule has 14 heavy (non-hydrogen) atoms. The Balaban J connectivity index is 1.81. The summed E-state index contributed by atoms with van der Waals surface area (Å²) in [6.45, 7) is 0. The molecule has 0 radical (unpaired) electrons. The van der Waals surface area contributed by atoms with E-state index in [1.165, 1.54) is 10.4 Å². The number of hydrogen-bond donors (Lipinski definition) is 0. The molecule has 0 aliphatic carbocycles. The summed E-state index contributed by atoms with van der Waals surface area (Å²) in [5.41, 5.74) is 1.28. The Labute approximate surface area is 87.0 Å². The second-order valence-electron chi connectivity index (χ2n) is 3.40. The van der Waals surface area contributed by atoms with E-state index in [1.807, 2.05) is 6.07 Å². The number of ether oxygens (including phenoxy) is 1. The molecule has 2 aromatic rings. The molecule has 1 nitrogen and oxygen atoms in total. The number of epoxide rings is 1. The topological polar surface area (TPSA) is 12.5 Å². The summed E-state index contributed by atoms with van der Waals surface area (Å²) < 4.78 is 5.66. The van der Waals surface area contributed by atoms with Gasteiger partial charge >= 0.3 is 0 Å². The standard InChI is InChI=1S/C12H10OS/c1-2-5-9(6-3-1)11-12(13-11)10-7-4-8-14-10/h1-8,11-12H. The highest BCUT2D eigenvalue weighted by Gasteiger charge is 2.41. The molecule has 1 aromatic carbocycles. The van der Waals surface area contributed by atoms with E-state index in [-0.39, 0.29) is 6.10 Å². The lowest BCUT2D eigenvalue weighted by molar-refractivity contribution is 0.379. The lowest BCUT2D eigenvalue weighted by Crippen LogP contribution is -1.80. The molecule has 0 N–H and O–H groups in total. The molecule has 0 spiro atoms. The monoisotopic (exact) mass is 202 g/mol. The summed E-state index contributed by atoms with van der Waals surface area (Å²) in [5.74, 6) is 0. The minimum atomic E-state index is 0.287. The lowest BCUT2D eigenvalue weighted by Gasteiger charge is -1.92. The summed E-state index contributed by atoms with van der Waals surface area (Å²) >= 11 is 1.77. The zero-order valence-corrected chi connectivity index (χ0v) is 8.41. The van der Waals surface area contributed by atoms with Crippen LogP contribution in [0.1, 0.15) is 22.6 Å². The zero-order chi connectivity index (χ0) is 9.38. The molecule has 0 saturated carbocycles. The molecule has 2 heteroatoms. The van der Waals surface area contributed by atoms with Crippen molar-refractivity contribution in [1.29, 1.82) is 0 Å². The van der Waals surface area contributed by atoms with Crippen molar-refractivity contribution < 1.29 is 4.74 Å². The lowest BCUT2D eigenvalue weighted by atomic mass is 10.1. The van der Waals surface area contributed by atoms with Gasteiger partial charge in [0.2, 0.25) is 0 Å². The van der Waals surface area contributed by atoms with Gasteiger partial charge in [-0.1, -0.05) is 36.4 Å². The number of benzene rings is 1. The molecule has 2 atom stereocenters. The van der Waals surface area contributed by atoms with Crippen molar-refractivity contribution in [1.82, 2.24) is 0 Å².